The highest BCUT2D eigenvalue weighted by molar-refractivity contribution is 5.32. The van der Waals surface area contributed by atoms with Gasteiger partial charge in [-0.1, -0.05) is 19.4 Å². The molecule has 3 atom stereocenters. The van der Waals surface area contributed by atoms with Gasteiger partial charge in [0, 0.05) is 5.92 Å². The van der Waals surface area contributed by atoms with E-state index in [-0.39, 0.29) is 0 Å². The van der Waals surface area contributed by atoms with E-state index < -0.39 is 0 Å². The van der Waals surface area contributed by atoms with Crippen LogP contribution in [0.25, 0.3) is 0 Å². The summed E-state index contributed by atoms with van der Waals surface area (Å²) >= 11 is 0. The fourth-order valence-electron chi connectivity index (χ4n) is 3.96. The Bertz CT molecular complexity index is 291. The Hall–Kier alpha value is -0.390. The molecule has 0 aromatic rings. The molecule has 0 heterocycles. The summed E-state index contributed by atoms with van der Waals surface area (Å²) in [5, 5.41) is 0. The highest BCUT2D eigenvalue weighted by atomic mass is 14.4. The summed E-state index contributed by atoms with van der Waals surface area (Å²) in [4.78, 5) is 0. The number of hydrogen-bond acceptors (Lipinski definition) is 0. The van der Waals surface area contributed by atoms with Gasteiger partial charge in [-0.3, -0.25) is 0 Å². The Morgan fingerprint density at radius 2 is 1.81 bits per heavy atom. The van der Waals surface area contributed by atoms with Crippen molar-refractivity contribution in [1.82, 2.24) is 0 Å². The Labute approximate surface area is 101 Å². The predicted octanol–water partition coefficient (Wildman–Crippen LogP) is 4.76. The maximum Gasteiger partial charge on any atom is 0.110 e. The number of hydrogen-bond donors (Lipinski definition) is 0. The maximum absolute atomic E-state index is 2.65. The molecule has 0 heteroatoms. The quantitative estimate of drug-likeness (QED) is 0.438. The van der Waals surface area contributed by atoms with Crippen molar-refractivity contribution < 1.29 is 0 Å². The second kappa shape index (κ2) is 4.13. The van der Waals surface area contributed by atoms with Crippen LogP contribution < -0.4 is 0 Å². The molecule has 0 nitrogen and oxygen atoms in total. The zero-order valence-electron chi connectivity index (χ0n) is 10.8. The van der Waals surface area contributed by atoms with Crippen LogP contribution in [-0.2, 0) is 0 Å². The molecule has 0 N–H and O–H groups in total. The van der Waals surface area contributed by atoms with Crippen LogP contribution >= 0.6 is 0 Å². The molecule has 88 valence electrons. The van der Waals surface area contributed by atoms with Gasteiger partial charge in [0.2, 0.25) is 0 Å². The Morgan fingerprint density at radius 3 is 2.50 bits per heavy atom. The first kappa shape index (κ1) is 10.7. The molecule has 0 amide bonds. The van der Waals surface area contributed by atoms with Crippen molar-refractivity contribution in [2.24, 2.45) is 23.7 Å². The van der Waals surface area contributed by atoms with E-state index in [0.717, 1.165) is 23.7 Å². The average molecular weight is 217 g/mol. The zero-order chi connectivity index (χ0) is 11.1. The fraction of sp³-hybridized carbons (Fsp3) is 0.812. The molecule has 3 rings (SSSR count). The average Bonchev–Trinajstić information content (AvgIpc) is 3.05. The van der Waals surface area contributed by atoms with Crippen LogP contribution in [0.3, 0.4) is 0 Å². The Morgan fingerprint density at radius 1 is 1.06 bits per heavy atom. The minimum atomic E-state index is 0.899. The summed E-state index contributed by atoms with van der Waals surface area (Å²) in [7, 11) is 0. The van der Waals surface area contributed by atoms with Gasteiger partial charge < -0.3 is 0 Å². The molecular weight excluding hydrogens is 192 g/mol. The number of fused-ring (bicyclic) bond motifs is 1. The van der Waals surface area contributed by atoms with E-state index in [2.05, 4.69) is 20.3 Å². The van der Waals surface area contributed by atoms with Crippen molar-refractivity contribution in [3.05, 3.63) is 17.6 Å². The van der Waals surface area contributed by atoms with Crippen LogP contribution in [0.1, 0.15) is 58.8 Å². The van der Waals surface area contributed by atoms with E-state index in [1.54, 1.807) is 0 Å². The third-order valence-corrected chi connectivity index (χ3v) is 5.22. The van der Waals surface area contributed by atoms with Gasteiger partial charge in [-0.2, -0.15) is 0 Å². The van der Waals surface area contributed by atoms with Crippen LogP contribution in [0.4, 0.5) is 0 Å². The lowest BCUT2D eigenvalue weighted by atomic mass is 9.87. The lowest BCUT2D eigenvalue weighted by molar-refractivity contribution is 0.337. The predicted molar refractivity (Wildman–Crippen MR) is 69.0 cm³/mol. The summed E-state index contributed by atoms with van der Waals surface area (Å²) < 4.78 is 0. The SMILES string of the molecule is CC(C)C1CCC2[CH+]CC(=C3CC3)[C@H]2CC1. The van der Waals surface area contributed by atoms with E-state index in [9.17, 15) is 0 Å². The lowest BCUT2D eigenvalue weighted by Crippen LogP contribution is -2.07. The highest BCUT2D eigenvalue weighted by Crippen LogP contribution is 2.50. The largest absolute Gasteiger partial charge is 0.110 e. The molecular formula is C16H25+. The molecule has 0 aliphatic heterocycles. The van der Waals surface area contributed by atoms with Gasteiger partial charge in [0.05, 0.1) is 6.42 Å². The molecule has 3 aliphatic rings. The fourth-order valence-corrected chi connectivity index (χ4v) is 3.96. The van der Waals surface area contributed by atoms with Gasteiger partial charge in [-0.05, 0) is 55.9 Å². The second-order valence-corrected chi connectivity index (χ2v) is 6.50. The summed E-state index contributed by atoms with van der Waals surface area (Å²) in [6, 6.07) is 0. The topological polar surface area (TPSA) is 0 Å². The van der Waals surface area contributed by atoms with Crippen molar-refractivity contribution in [2.75, 3.05) is 0 Å². The third-order valence-electron chi connectivity index (χ3n) is 5.22. The van der Waals surface area contributed by atoms with E-state index in [4.69, 9.17) is 0 Å². The van der Waals surface area contributed by atoms with Crippen LogP contribution in [0.2, 0.25) is 0 Å². The Kier molecular flexibility index (Phi) is 2.77. The molecule has 2 unspecified atom stereocenters. The van der Waals surface area contributed by atoms with E-state index in [1.807, 2.05) is 11.1 Å². The first-order chi connectivity index (χ1) is 7.75. The molecule has 0 radical (unpaired) electrons. The summed E-state index contributed by atoms with van der Waals surface area (Å²) in [5.41, 5.74) is 3.72. The van der Waals surface area contributed by atoms with Gasteiger partial charge >= 0.3 is 0 Å². The first-order valence-corrected chi connectivity index (χ1v) is 7.30. The maximum atomic E-state index is 2.65. The summed E-state index contributed by atoms with van der Waals surface area (Å²) in [5.74, 6) is 3.83. The molecule has 0 aromatic heterocycles. The molecule has 0 bridgehead atoms. The molecule has 0 spiro atoms. The highest BCUT2D eigenvalue weighted by Gasteiger charge is 2.43. The van der Waals surface area contributed by atoms with Crippen molar-refractivity contribution in [2.45, 2.75) is 58.8 Å². The third kappa shape index (κ3) is 1.92. The van der Waals surface area contributed by atoms with E-state index in [0.29, 0.717) is 0 Å². The minimum absolute atomic E-state index is 0.899. The van der Waals surface area contributed by atoms with Crippen LogP contribution in [0.15, 0.2) is 11.1 Å². The van der Waals surface area contributed by atoms with Gasteiger partial charge in [0.15, 0.2) is 0 Å². The van der Waals surface area contributed by atoms with Crippen molar-refractivity contribution >= 4 is 0 Å². The van der Waals surface area contributed by atoms with Crippen LogP contribution in [0.5, 0.6) is 0 Å². The molecule has 0 aromatic carbocycles. The van der Waals surface area contributed by atoms with Crippen LogP contribution in [0, 0.1) is 30.1 Å². The van der Waals surface area contributed by atoms with Crippen molar-refractivity contribution in [1.29, 1.82) is 0 Å². The standard InChI is InChI=1S/C16H25/c1-11(2)12-3-4-14-8-10-16(13-5-6-13)15(14)9-7-12/h8,11-12,14-15H,3-7,9-10H2,1-2H3/q+1/t12?,14?,15-/m0/s1. The monoisotopic (exact) mass is 217 g/mol. The van der Waals surface area contributed by atoms with Gasteiger partial charge in [-0.15, -0.1) is 0 Å². The molecule has 3 aliphatic carbocycles. The molecule has 3 saturated carbocycles. The van der Waals surface area contributed by atoms with Crippen LogP contribution in [-0.4, -0.2) is 0 Å². The molecule has 0 saturated heterocycles. The Balaban J connectivity index is 1.72. The summed E-state index contributed by atoms with van der Waals surface area (Å²) in [6.07, 6.45) is 12.8. The molecule has 3 fully saturated rings. The first-order valence-electron chi connectivity index (χ1n) is 7.30. The van der Waals surface area contributed by atoms with E-state index >= 15 is 0 Å². The second-order valence-electron chi connectivity index (χ2n) is 6.50. The van der Waals surface area contributed by atoms with Crippen molar-refractivity contribution in [3.63, 3.8) is 0 Å². The summed E-state index contributed by atoms with van der Waals surface area (Å²) in [6.45, 7) is 4.82. The van der Waals surface area contributed by atoms with Gasteiger partial charge in [-0.25, -0.2) is 0 Å². The lowest BCUT2D eigenvalue weighted by Gasteiger charge is -2.18. The number of allylic oxidation sites excluding steroid dienone is 2. The van der Waals surface area contributed by atoms with Gasteiger partial charge in [0.1, 0.15) is 12.3 Å². The zero-order valence-corrected chi connectivity index (χ0v) is 10.8. The normalized spacial score (nSPS) is 38.3. The number of rotatable bonds is 1. The molecule has 16 heavy (non-hydrogen) atoms. The smallest absolute Gasteiger partial charge is 0.0657 e. The minimum Gasteiger partial charge on any atom is -0.0657 e. The van der Waals surface area contributed by atoms with E-state index in [1.165, 1.54) is 44.9 Å². The van der Waals surface area contributed by atoms with Gasteiger partial charge in [0.25, 0.3) is 0 Å². The van der Waals surface area contributed by atoms with Crippen molar-refractivity contribution in [3.8, 4) is 0 Å².